The Morgan fingerprint density at radius 3 is 2.73 bits per heavy atom. The lowest BCUT2D eigenvalue weighted by atomic mass is 9.94. The van der Waals surface area contributed by atoms with Crippen LogP contribution >= 0.6 is 34.9 Å². The van der Waals surface area contributed by atoms with Gasteiger partial charge in [-0.1, -0.05) is 0 Å². The van der Waals surface area contributed by atoms with Crippen molar-refractivity contribution >= 4 is 62.8 Å². The van der Waals surface area contributed by atoms with E-state index in [-0.39, 0.29) is 33.2 Å². The molecule has 0 radical (unpaired) electrons. The Hall–Kier alpha value is -2.04. The van der Waals surface area contributed by atoms with Crippen molar-refractivity contribution in [3.8, 4) is 0 Å². The molecule has 12 heteroatoms. The standard InChI is InChI=1S/C21H17BrF3N2O4PS/c1-10(6-12-9-26-16-4-3-13(23)8-14(12)16)27-20(28)11-2-5-17-15(7-11)18(22)19(33-17)21(24,25)32(29,30)31/h2-5,7-10,12H,6H2,1H3,(H,27,28)(H2,29,30,31). The van der Waals surface area contributed by atoms with Gasteiger partial charge in [0, 0.05) is 38.3 Å². The summed E-state index contributed by atoms with van der Waals surface area (Å²) in [5.74, 6) is -0.962. The number of carbonyl (C=O) groups is 1. The number of thiophene rings is 1. The van der Waals surface area contributed by atoms with E-state index in [4.69, 9.17) is 9.79 Å². The molecule has 0 aliphatic carbocycles. The molecule has 2 aromatic carbocycles. The van der Waals surface area contributed by atoms with Crippen LogP contribution in [0.1, 0.15) is 40.1 Å². The maximum Gasteiger partial charge on any atom is 0.400 e. The zero-order chi connectivity index (χ0) is 24.1. The Kier molecular flexibility index (Phi) is 6.30. The summed E-state index contributed by atoms with van der Waals surface area (Å²) in [6, 6.07) is 8.35. The average Bonchev–Trinajstić information content (AvgIpc) is 3.27. The lowest BCUT2D eigenvalue weighted by molar-refractivity contribution is 0.0595. The van der Waals surface area contributed by atoms with Crippen LogP contribution < -0.4 is 5.32 Å². The fourth-order valence-corrected chi connectivity index (χ4v) is 6.58. The van der Waals surface area contributed by atoms with E-state index in [0.717, 1.165) is 5.56 Å². The molecule has 174 valence electrons. The van der Waals surface area contributed by atoms with Gasteiger partial charge in [-0.2, -0.15) is 8.78 Å². The van der Waals surface area contributed by atoms with Crippen LogP contribution in [0.25, 0.3) is 10.1 Å². The molecule has 6 nitrogen and oxygen atoms in total. The second kappa shape index (κ2) is 8.63. The zero-order valence-corrected chi connectivity index (χ0v) is 20.2. The number of carbonyl (C=O) groups excluding carboxylic acids is 1. The Balaban J connectivity index is 1.52. The fourth-order valence-electron chi connectivity index (χ4n) is 3.66. The largest absolute Gasteiger partial charge is 0.400 e. The number of halogens is 4. The van der Waals surface area contributed by atoms with E-state index in [1.807, 2.05) is 0 Å². The SMILES string of the molecule is CC(CC1C=Nc2ccc(F)cc21)NC(=O)c1ccc2sc(C(F)(F)P(=O)(O)O)c(Br)c2c1. The zero-order valence-electron chi connectivity index (χ0n) is 16.9. The van der Waals surface area contributed by atoms with Gasteiger partial charge in [-0.05, 0) is 71.2 Å². The molecular weight excluding hydrogens is 544 g/mol. The first-order chi connectivity index (χ1) is 15.4. The van der Waals surface area contributed by atoms with Gasteiger partial charge in [0.15, 0.2) is 0 Å². The summed E-state index contributed by atoms with van der Waals surface area (Å²) in [4.78, 5) is 34.3. The molecule has 2 atom stereocenters. The molecule has 1 aliphatic rings. The molecule has 33 heavy (non-hydrogen) atoms. The first-order valence-corrected chi connectivity index (χ1v) is 12.9. The molecule has 1 amide bonds. The Labute approximate surface area is 198 Å². The van der Waals surface area contributed by atoms with Gasteiger partial charge in [0.1, 0.15) is 10.7 Å². The van der Waals surface area contributed by atoms with Crippen LogP contribution in [0.3, 0.4) is 0 Å². The van der Waals surface area contributed by atoms with E-state index in [0.29, 0.717) is 28.1 Å². The molecule has 3 N–H and O–H groups in total. The summed E-state index contributed by atoms with van der Waals surface area (Å²) >= 11 is 3.55. The maximum atomic E-state index is 14.2. The summed E-state index contributed by atoms with van der Waals surface area (Å²) in [5.41, 5.74) is -2.72. The van der Waals surface area contributed by atoms with Gasteiger partial charge in [-0.15, -0.1) is 11.3 Å². The predicted octanol–water partition coefficient (Wildman–Crippen LogP) is 6.04. The van der Waals surface area contributed by atoms with Gasteiger partial charge >= 0.3 is 13.3 Å². The first-order valence-electron chi connectivity index (χ1n) is 9.69. The number of fused-ring (bicyclic) bond motifs is 2. The number of hydrogen-bond acceptors (Lipinski definition) is 4. The van der Waals surface area contributed by atoms with Crippen LogP contribution in [0.15, 0.2) is 45.9 Å². The van der Waals surface area contributed by atoms with Crippen molar-refractivity contribution < 1.29 is 32.3 Å². The van der Waals surface area contributed by atoms with Crippen molar-refractivity contribution in [3.05, 3.63) is 62.7 Å². The van der Waals surface area contributed by atoms with E-state index in [1.165, 1.54) is 30.3 Å². The fraction of sp³-hybridized carbons (Fsp3) is 0.238. The van der Waals surface area contributed by atoms with Crippen molar-refractivity contribution in [3.63, 3.8) is 0 Å². The highest BCUT2D eigenvalue weighted by atomic mass is 79.9. The highest BCUT2D eigenvalue weighted by molar-refractivity contribution is 9.10. The number of amides is 1. The van der Waals surface area contributed by atoms with Crippen LogP contribution in [0.5, 0.6) is 0 Å². The van der Waals surface area contributed by atoms with Gasteiger partial charge in [-0.3, -0.25) is 14.4 Å². The van der Waals surface area contributed by atoms with Gasteiger partial charge < -0.3 is 15.1 Å². The molecular formula is C21H17BrF3N2O4PS. The number of aliphatic imine (C=N–C) groups is 1. The van der Waals surface area contributed by atoms with E-state index < -0.39 is 24.0 Å². The Morgan fingerprint density at radius 1 is 1.30 bits per heavy atom. The number of alkyl halides is 2. The van der Waals surface area contributed by atoms with Gasteiger partial charge in [0.05, 0.1) is 5.69 Å². The Bertz CT molecular complexity index is 1340. The van der Waals surface area contributed by atoms with Crippen molar-refractivity contribution in [1.82, 2.24) is 5.32 Å². The molecule has 0 saturated carbocycles. The molecule has 0 spiro atoms. The second-order valence-electron chi connectivity index (χ2n) is 7.74. The minimum Gasteiger partial charge on any atom is -0.350 e. The normalized spacial score (nSPS) is 16.8. The quantitative estimate of drug-likeness (QED) is 0.320. The topological polar surface area (TPSA) is 99.0 Å². The Morgan fingerprint density at radius 2 is 2.03 bits per heavy atom. The van der Waals surface area contributed by atoms with Crippen LogP contribution in [-0.2, 0) is 10.2 Å². The number of nitrogens with one attached hydrogen (secondary N) is 1. The number of nitrogens with zero attached hydrogens (tertiary/aromatic N) is 1. The lowest BCUT2D eigenvalue weighted by Gasteiger charge is -2.18. The molecule has 3 aromatic rings. The van der Waals surface area contributed by atoms with Crippen LogP contribution in [-0.4, -0.2) is 28.0 Å². The minimum atomic E-state index is -5.73. The highest BCUT2D eigenvalue weighted by Gasteiger charge is 2.53. The molecule has 2 unspecified atom stereocenters. The molecule has 2 heterocycles. The molecule has 0 saturated heterocycles. The summed E-state index contributed by atoms with van der Waals surface area (Å²) in [7, 11) is -5.73. The van der Waals surface area contributed by atoms with Crippen LogP contribution in [0, 0.1) is 5.82 Å². The molecule has 4 rings (SSSR count). The summed E-state index contributed by atoms with van der Waals surface area (Å²) < 4.78 is 53.5. The van der Waals surface area contributed by atoms with Gasteiger partial charge in [-0.25, -0.2) is 4.39 Å². The number of hydrogen-bond donors (Lipinski definition) is 3. The lowest BCUT2D eigenvalue weighted by Crippen LogP contribution is -2.33. The average molecular weight is 561 g/mol. The van der Waals surface area contributed by atoms with Crippen LogP contribution in [0.4, 0.5) is 18.9 Å². The van der Waals surface area contributed by atoms with E-state index in [1.54, 1.807) is 19.2 Å². The third kappa shape index (κ3) is 4.52. The van der Waals surface area contributed by atoms with Gasteiger partial charge in [0.25, 0.3) is 5.91 Å². The summed E-state index contributed by atoms with van der Waals surface area (Å²) in [5, 5.41) is 3.08. The smallest absolute Gasteiger partial charge is 0.350 e. The van der Waals surface area contributed by atoms with E-state index in [2.05, 4.69) is 26.2 Å². The molecule has 1 aliphatic heterocycles. The second-order valence-corrected chi connectivity index (χ2v) is 11.2. The summed E-state index contributed by atoms with van der Waals surface area (Å²) in [6.07, 6.45) is 2.19. The van der Waals surface area contributed by atoms with E-state index >= 15 is 0 Å². The third-order valence-corrected chi connectivity index (χ3v) is 8.73. The minimum absolute atomic E-state index is 0.156. The van der Waals surface area contributed by atoms with Gasteiger partial charge in [0.2, 0.25) is 0 Å². The molecule has 0 bridgehead atoms. The highest BCUT2D eigenvalue weighted by Crippen LogP contribution is 2.62. The predicted molar refractivity (Wildman–Crippen MR) is 124 cm³/mol. The summed E-state index contributed by atoms with van der Waals surface area (Å²) in [6.45, 7) is 1.79. The van der Waals surface area contributed by atoms with E-state index in [9.17, 15) is 22.5 Å². The first kappa shape index (κ1) is 24.1. The number of rotatable bonds is 6. The third-order valence-electron chi connectivity index (χ3n) is 5.30. The van der Waals surface area contributed by atoms with Crippen molar-refractivity contribution in [2.45, 2.75) is 31.0 Å². The molecule has 0 fully saturated rings. The number of benzene rings is 2. The molecule has 1 aromatic heterocycles. The van der Waals surface area contributed by atoms with Crippen molar-refractivity contribution in [1.29, 1.82) is 0 Å². The van der Waals surface area contributed by atoms with Crippen LogP contribution in [0.2, 0.25) is 0 Å². The van der Waals surface area contributed by atoms with Crippen molar-refractivity contribution in [2.75, 3.05) is 0 Å². The monoisotopic (exact) mass is 560 g/mol. The van der Waals surface area contributed by atoms with Crippen molar-refractivity contribution in [2.24, 2.45) is 4.99 Å². The maximum absolute atomic E-state index is 14.2.